The first-order chi connectivity index (χ1) is 13.9. The molecule has 0 nitrogen and oxygen atoms in total. The Labute approximate surface area is 177 Å². The van der Waals surface area contributed by atoms with Gasteiger partial charge in [-0.25, -0.2) is 13.2 Å². The first-order valence-electron chi connectivity index (χ1n) is 10.8. The molecule has 1 aliphatic carbocycles. The Morgan fingerprint density at radius 2 is 1.62 bits per heavy atom. The van der Waals surface area contributed by atoms with Crippen LogP contribution >= 0.6 is 11.6 Å². The summed E-state index contributed by atoms with van der Waals surface area (Å²) >= 11 is 5.68. The van der Waals surface area contributed by atoms with E-state index in [9.17, 15) is 13.2 Å². The summed E-state index contributed by atoms with van der Waals surface area (Å²) in [6, 6.07) is 6.62. The Kier molecular flexibility index (Phi) is 7.67. The van der Waals surface area contributed by atoms with E-state index in [-0.39, 0.29) is 16.1 Å². The van der Waals surface area contributed by atoms with Crippen molar-refractivity contribution in [2.75, 3.05) is 0 Å². The number of hydrogen-bond acceptors (Lipinski definition) is 0. The van der Waals surface area contributed by atoms with Gasteiger partial charge in [0.25, 0.3) is 0 Å². The maximum absolute atomic E-state index is 14.7. The highest BCUT2D eigenvalue weighted by Crippen LogP contribution is 2.37. The maximum Gasteiger partial charge on any atom is 0.142 e. The van der Waals surface area contributed by atoms with E-state index in [1.807, 2.05) is 0 Å². The third kappa shape index (κ3) is 5.57. The summed E-state index contributed by atoms with van der Waals surface area (Å²) in [7, 11) is 0. The second kappa shape index (κ2) is 10.0. The molecule has 0 bridgehead atoms. The number of hydrogen-bond donors (Lipinski definition) is 0. The van der Waals surface area contributed by atoms with Crippen molar-refractivity contribution in [2.45, 2.75) is 65.2 Å². The van der Waals surface area contributed by atoms with Crippen molar-refractivity contribution >= 4 is 11.6 Å². The fourth-order valence-corrected chi connectivity index (χ4v) is 4.87. The summed E-state index contributed by atoms with van der Waals surface area (Å²) in [4.78, 5) is 0. The molecule has 2 aromatic carbocycles. The fourth-order valence-electron chi connectivity index (χ4n) is 4.75. The van der Waals surface area contributed by atoms with Gasteiger partial charge in [-0.05, 0) is 72.4 Å². The molecule has 2 aromatic rings. The molecular formula is C25H30ClF3. The second-order valence-corrected chi connectivity index (χ2v) is 9.07. The molecule has 0 aliphatic heterocycles. The Morgan fingerprint density at radius 1 is 0.966 bits per heavy atom. The molecule has 158 valence electrons. The van der Waals surface area contributed by atoms with Gasteiger partial charge < -0.3 is 0 Å². The average molecular weight is 423 g/mol. The van der Waals surface area contributed by atoms with E-state index in [1.54, 1.807) is 0 Å². The maximum atomic E-state index is 14.7. The van der Waals surface area contributed by atoms with Crippen molar-refractivity contribution in [3.63, 3.8) is 0 Å². The van der Waals surface area contributed by atoms with E-state index in [1.165, 1.54) is 69.2 Å². The molecule has 4 heteroatoms. The number of unbranched alkanes of at least 4 members (excludes halogenated alkanes) is 1. The van der Waals surface area contributed by atoms with Crippen molar-refractivity contribution in [1.82, 2.24) is 0 Å². The van der Waals surface area contributed by atoms with Gasteiger partial charge in [-0.1, -0.05) is 63.6 Å². The van der Waals surface area contributed by atoms with E-state index >= 15 is 0 Å². The molecule has 0 spiro atoms. The quantitative estimate of drug-likeness (QED) is 0.419. The van der Waals surface area contributed by atoms with Crippen LogP contribution in [0, 0.1) is 35.2 Å². The van der Waals surface area contributed by atoms with Gasteiger partial charge >= 0.3 is 0 Å². The molecule has 0 radical (unpaired) electrons. The molecule has 0 saturated heterocycles. The van der Waals surface area contributed by atoms with Gasteiger partial charge in [-0.3, -0.25) is 0 Å². The third-order valence-corrected chi connectivity index (χ3v) is 6.84. The zero-order valence-corrected chi connectivity index (χ0v) is 18.0. The standard InChI is InChI=1S/C25H30ClF3/c1-3-4-5-17-6-8-19(9-7-17)16(2)12-18-13-23(28)25(24(29)14-18)20-10-11-21(26)22(27)15-20/h10-11,13-17,19H,3-9,12H2,1-2H3. The molecule has 1 atom stereocenters. The summed E-state index contributed by atoms with van der Waals surface area (Å²) in [6.45, 7) is 4.43. The van der Waals surface area contributed by atoms with Crippen LogP contribution in [0.3, 0.4) is 0 Å². The van der Waals surface area contributed by atoms with Crippen LogP contribution in [-0.2, 0) is 6.42 Å². The Bertz CT molecular complexity index is 802. The van der Waals surface area contributed by atoms with Crippen LogP contribution in [0.5, 0.6) is 0 Å². The highest BCUT2D eigenvalue weighted by atomic mass is 35.5. The van der Waals surface area contributed by atoms with Gasteiger partial charge in [-0.2, -0.15) is 0 Å². The number of halogens is 4. The molecule has 1 saturated carbocycles. The normalized spacial score (nSPS) is 20.6. The molecule has 0 amide bonds. The minimum atomic E-state index is -0.685. The van der Waals surface area contributed by atoms with Gasteiger partial charge in [0.15, 0.2) is 0 Å². The molecule has 0 heterocycles. The van der Waals surface area contributed by atoms with E-state index in [2.05, 4.69) is 13.8 Å². The molecule has 29 heavy (non-hydrogen) atoms. The van der Waals surface area contributed by atoms with Crippen molar-refractivity contribution in [2.24, 2.45) is 17.8 Å². The van der Waals surface area contributed by atoms with Gasteiger partial charge in [0.2, 0.25) is 0 Å². The third-order valence-electron chi connectivity index (χ3n) is 6.53. The van der Waals surface area contributed by atoms with Crippen LogP contribution in [0.1, 0.15) is 64.4 Å². The largest absolute Gasteiger partial charge is 0.206 e. The van der Waals surface area contributed by atoms with Crippen molar-refractivity contribution < 1.29 is 13.2 Å². The highest BCUT2D eigenvalue weighted by molar-refractivity contribution is 6.30. The Balaban J connectivity index is 1.67. The molecule has 3 rings (SSSR count). The van der Waals surface area contributed by atoms with Crippen molar-refractivity contribution in [3.8, 4) is 11.1 Å². The van der Waals surface area contributed by atoms with E-state index in [4.69, 9.17) is 11.6 Å². The molecule has 0 aromatic heterocycles. The summed E-state index contributed by atoms with van der Waals surface area (Å²) in [6.07, 6.45) is 9.54. The second-order valence-electron chi connectivity index (χ2n) is 8.67. The molecule has 1 fully saturated rings. The van der Waals surface area contributed by atoms with Gasteiger partial charge in [0.05, 0.1) is 10.6 Å². The first kappa shape index (κ1) is 22.2. The van der Waals surface area contributed by atoms with E-state index < -0.39 is 17.5 Å². The van der Waals surface area contributed by atoms with Gasteiger partial charge in [-0.15, -0.1) is 0 Å². The topological polar surface area (TPSA) is 0 Å². The lowest BCUT2D eigenvalue weighted by molar-refractivity contribution is 0.204. The Morgan fingerprint density at radius 3 is 2.21 bits per heavy atom. The van der Waals surface area contributed by atoms with E-state index in [0.717, 1.165) is 12.0 Å². The van der Waals surface area contributed by atoms with Crippen LogP contribution in [0.25, 0.3) is 11.1 Å². The van der Waals surface area contributed by atoms with E-state index in [0.29, 0.717) is 23.8 Å². The minimum Gasteiger partial charge on any atom is -0.206 e. The van der Waals surface area contributed by atoms with Crippen LogP contribution < -0.4 is 0 Å². The summed E-state index contributed by atoms with van der Waals surface area (Å²) in [5, 5.41) is -0.0653. The van der Waals surface area contributed by atoms with Crippen LogP contribution in [0.4, 0.5) is 13.2 Å². The van der Waals surface area contributed by atoms with Gasteiger partial charge in [0, 0.05) is 0 Å². The minimum absolute atomic E-state index is 0.0653. The molecule has 0 N–H and O–H groups in total. The molecular weight excluding hydrogens is 393 g/mol. The fraction of sp³-hybridized carbons (Fsp3) is 0.520. The predicted molar refractivity (Wildman–Crippen MR) is 115 cm³/mol. The van der Waals surface area contributed by atoms with Crippen LogP contribution in [0.15, 0.2) is 30.3 Å². The van der Waals surface area contributed by atoms with Gasteiger partial charge in [0.1, 0.15) is 17.5 Å². The summed E-state index contributed by atoms with van der Waals surface area (Å²) in [5.41, 5.74) is 0.624. The molecule has 1 aliphatic rings. The lowest BCUT2D eigenvalue weighted by atomic mass is 9.73. The molecule has 1 unspecified atom stereocenters. The van der Waals surface area contributed by atoms with Crippen molar-refractivity contribution in [1.29, 1.82) is 0 Å². The zero-order valence-electron chi connectivity index (χ0n) is 17.3. The highest BCUT2D eigenvalue weighted by Gasteiger charge is 2.25. The SMILES string of the molecule is CCCCC1CCC(C(C)Cc2cc(F)c(-c3ccc(Cl)c(F)c3)c(F)c2)CC1. The summed E-state index contributed by atoms with van der Waals surface area (Å²) < 4.78 is 43.1. The lowest BCUT2D eigenvalue weighted by Gasteiger charge is -2.32. The van der Waals surface area contributed by atoms with Crippen molar-refractivity contribution in [3.05, 3.63) is 58.4 Å². The first-order valence-corrected chi connectivity index (χ1v) is 11.2. The van der Waals surface area contributed by atoms with Crippen LogP contribution in [0.2, 0.25) is 5.02 Å². The Hall–Kier alpha value is -1.48. The summed E-state index contributed by atoms with van der Waals surface area (Å²) in [5.74, 6) is -0.138. The van der Waals surface area contributed by atoms with Crippen LogP contribution in [-0.4, -0.2) is 0 Å². The smallest absolute Gasteiger partial charge is 0.142 e. The zero-order chi connectivity index (χ0) is 21.0. The number of rotatable bonds is 7. The monoisotopic (exact) mass is 422 g/mol. The lowest BCUT2D eigenvalue weighted by Crippen LogP contribution is -2.21. The number of benzene rings is 2. The predicted octanol–water partition coefficient (Wildman–Crippen LogP) is 8.60. The average Bonchev–Trinajstić information content (AvgIpc) is 2.69.